The molecule has 0 heterocycles. The molecular weight excluding hydrogens is 180 g/mol. The molecule has 70 valence electrons. The molecule has 0 aliphatic heterocycles. The van der Waals surface area contributed by atoms with Crippen LogP contribution in [0.4, 0.5) is 0 Å². The molecule has 1 amide bonds. The molecule has 0 radical (unpaired) electrons. The number of hydrogen-bond acceptors (Lipinski definition) is 3. The van der Waals surface area contributed by atoms with Gasteiger partial charge in [0.05, 0.1) is 6.26 Å². The van der Waals surface area contributed by atoms with Crippen molar-refractivity contribution in [3.05, 3.63) is 12.4 Å². The molecule has 0 aliphatic carbocycles. The molecule has 2 N–H and O–H groups in total. The molecule has 0 unspecified atom stereocenters. The second kappa shape index (κ2) is 4.10. The van der Waals surface area contributed by atoms with Crippen molar-refractivity contribution < 1.29 is 13.2 Å². The highest BCUT2D eigenvalue weighted by atomic mass is 32.2. The van der Waals surface area contributed by atoms with Gasteiger partial charge in [-0.05, 0) is 0 Å². The van der Waals surface area contributed by atoms with Crippen LogP contribution in [-0.2, 0) is 14.8 Å². The Morgan fingerprint density at radius 3 is 2.33 bits per heavy atom. The maximum Gasteiger partial charge on any atom is 0.230 e. The monoisotopic (exact) mass is 192 g/mol. The van der Waals surface area contributed by atoms with E-state index in [0.717, 1.165) is 6.26 Å². The van der Waals surface area contributed by atoms with Crippen LogP contribution in [0, 0.1) is 0 Å². The Labute approximate surface area is 71.9 Å². The molecule has 0 atom stereocenters. The van der Waals surface area contributed by atoms with Crippen molar-refractivity contribution in [2.75, 3.05) is 6.26 Å². The molecule has 6 heteroatoms. The molecule has 5 nitrogen and oxygen atoms in total. The van der Waals surface area contributed by atoms with E-state index >= 15 is 0 Å². The second-order valence-corrected chi connectivity index (χ2v) is 4.00. The fraction of sp³-hybridized carbons (Fsp3) is 0.500. The fourth-order valence-electron chi connectivity index (χ4n) is 0.506. The quantitative estimate of drug-likeness (QED) is 0.632. The molecule has 0 fully saturated rings. The number of carbonyl (C=O) groups is 1. The molecule has 0 aliphatic rings. The van der Waals surface area contributed by atoms with E-state index < -0.39 is 10.0 Å². The number of hydrogen-bond donors (Lipinski definition) is 2. The Morgan fingerprint density at radius 2 is 2.00 bits per heavy atom. The van der Waals surface area contributed by atoms with E-state index in [0.29, 0.717) is 0 Å². The highest BCUT2D eigenvalue weighted by Crippen LogP contribution is 1.84. The Kier molecular flexibility index (Phi) is 3.75. The van der Waals surface area contributed by atoms with Gasteiger partial charge in [-0.15, -0.1) is 0 Å². The van der Waals surface area contributed by atoms with Crippen LogP contribution < -0.4 is 10.0 Å². The molecular formula is C6H12N2O3S. The molecule has 0 aromatic rings. The summed E-state index contributed by atoms with van der Waals surface area (Å²) in [6.45, 7) is 4.96. The summed E-state index contributed by atoms with van der Waals surface area (Å²) in [4.78, 5) is 10.7. The molecule has 0 spiro atoms. The standard InChI is InChI=1S/C6H12N2O3S/c1-4-6(9)7-5(2)8-12(3,10)11/h8H,2,4H2,1,3H3,(H,7,9). The van der Waals surface area contributed by atoms with E-state index in [2.05, 4.69) is 11.9 Å². The van der Waals surface area contributed by atoms with E-state index in [9.17, 15) is 13.2 Å². The highest BCUT2D eigenvalue weighted by Gasteiger charge is 2.04. The minimum atomic E-state index is -3.34. The van der Waals surface area contributed by atoms with Crippen molar-refractivity contribution in [2.45, 2.75) is 13.3 Å². The van der Waals surface area contributed by atoms with Gasteiger partial charge in [-0.1, -0.05) is 13.5 Å². The van der Waals surface area contributed by atoms with E-state index in [4.69, 9.17) is 0 Å². The summed E-state index contributed by atoms with van der Waals surface area (Å²) in [7, 11) is -3.34. The van der Waals surface area contributed by atoms with Crippen molar-refractivity contribution in [1.29, 1.82) is 0 Å². The van der Waals surface area contributed by atoms with Gasteiger partial charge in [0.2, 0.25) is 15.9 Å². The summed E-state index contributed by atoms with van der Waals surface area (Å²) in [5.41, 5.74) is 0. The number of nitrogens with one attached hydrogen (secondary N) is 2. The number of carbonyl (C=O) groups excluding carboxylic acids is 1. The van der Waals surface area contributed by atoms with Gasteiger partial charge in [0, 0.05) is 6.42 Å². The minimum Gasteiger partial charge on any atom is -0.312 e. The van der Waals surface area contributed by atoms with Gasteiger partial charge in [-0.25, -0.2) is 8.42 Å². The number of rotatable bonds is 4. The van der Waals surface area contributed by atoms with Crippen molar-refractivity contribution in [2.24, 2.45) is 0 Å². The number of sulfonamides is 1. The van der Waals surface area contributed by atoms with E-state index in [1.54, 1.807) is 6.92 Å². The van der Waals surface area contributed by atoms with Crippen LogP contribution in [0.1, 0.15) is 13.3 Å². The average Bonchev–Trinajstić information content (AvgIpc) is 1.82. The van der Waals surface area contributed by atoms with Gasteiger partial charge in [0.1, 0.15) is 5.82 Å². The van der Waals surface area contributed by atoms with Crippen LogP contribution >= 0.6 is 0 Å². The van der Waals surface area contributed by atoms with Crippen molar-refractivity contribution >= 4 is 15.9 Å². The van der Waals surface area contributed by atoms with Gasteiger partial charge in [-0.3, -0.25) is 9.52 Å². The summed E-state index contributed by atoms with van der Waals surface area (Å²) < 4.78 is 23.2. The molecule has 12 heavy (non-hydrogen) atoms. The SMILES string of the molecule is C=C(NC(=O)CC)NS(C)(=O)=O. The average molecular weight is 192 g/mol. The smallest absolute Gasteiger partial charge is 0.230 e. The first kappa shape index (κ1) is 11.0. The van der Waals surface area contributed by atoms with Crippen LogP contribution in [0.25, 0.3) is 0 Å². The van der Waals surface area contributed by atoms with Crippen molar-refractivity contribution in [3.8, 4) is 0 Å². The largest absolute Gasteiger partial charge is 0.312 e. The summed E-state index contributed by atoms with van der Waals surface area (Å²) in [6, 6.07) is 0. The zero-order valence-corrected chi connectivity index (χ0v) is 7.86. The topological polar surface area (TPSA) is 75.3 Å². The van der Waals surface area contributed by atoms with E-state index in [1.807, 2.05) is 4.72 Å². The van der Waals surface area contributed by atoms with Gasteiger partial charge in [0.15, 0.2) is 0 Å². The molecule has 0 bridgehead atoms. The van der Waals surface area contributed by atoms with Gasteiger partial charge in [0.25, 0.3) is 0 Å². The third-order valence-electron chi connectivity index (χ3n) is 0.920. The van der Waals surface area contributed by atoms with E-state index in [1.165, 1.54) is 0 Å². The lowest BCUT2D eigenvalue weighted by atomic mass is 10.4. The Bertz CT molecular complexity index is 281. The van der Waals surface area contributed by atoms with Crippen LogP contribution in [0.5, 0.6) is 0 Å². The minimum absolute atomic E-state index is 0.0237. The van der Waals surface area contributed by atoms with E-state index in [-0.39, 0.29) is 18.1 Å². The van der Waals surface area contributed by atoms with Crippen molar-refractivity contribution in [1.82, 2.24) is 10.0 Å². The fourth-order valence-corrected chi connectivity index (χ4v) is 1.00. The molecule has 0 saturated heterocycles. The zero-order valence-electron chi connectivity index (χ0n) is 7.05. The zero-order chi connectivity index (χ0) is 9.78. The first-order valence-corrected chi connectivity index (χ1v) is 5.21. The third kappa shape index (κ3) is 5.72. The molecule has 0 aromatic heterocycles. The lowest BCUT2D eigenvalue weighted by Gasteiger charge is -2.07. The maximum absolute atomic E-state index is 10.7. The summed E-state index contributed by atoms with van der Waals surface area (Å²) in [5.74, 6) is -0.305. The lowest BCUT2D eigenvalue weighted by molar-refractivity contribution is -0.120. The highest BCUT2D eigenvalue weighted by molar-refractivity contribution is 7.88. The third-order valence-corrected chi connectivity index (χ3v) is 1.54. The predicted molar refractivity (Wildman–Crippen MR) is 45.6 cm³/mol. The first-order valence-electron chi connectivity index (χ1n) is 3.31. The Balaban J connectivity index is 4.00. The Hall–Kier alpha value is -1.04. The van der Waals surface area contributed by atoms with Crippen LogP contribution in [0.15, 0.2) is 12.4 Å². The lowest BCUT2D eigenvalue weighted by Crippen LogP contribution is -2.33. The summed E-state index contributed by atoms with van der Waals surface area (Å²) in [5, 5.41) is 2.26. The predicted octanol–water partition coefficient (Wildman–Crippen LogP) is -0.467. The second-order valence-electron chi connectivity index (χ2n) is 2.25. The molecule has 0 rings (SSSR count). The normalized spacial score (nSPS) is 10.5. The van der Waals surface area contributed by atoms with Crippen LogP contribution in [0.2, 0.25) is 0 Å². The maximum atomic E-state index is 10.7. The van der Waals surface area contributed by atoms with Crippen LogP contribution in [-0.4, -0.2) is 20.6 Å². The van der Waals surface area contributed by atoms with Crippen LogP contribution in [0.3, 0.4) is 0 Å². The first-order chi connectivity index (χ1) is 5.35. The van der Waals surface area contributed by atoms with Gasteiger partial charge in [-0.2, -0.15) is 0 Å². The van der Waals surface area contributed by atoms with Gasteiger partial charge < -0.3 is 5.32 Å². The van der Waals surface area contributed by atoms with Crippen molar-refractivity contribution in [3.63, 3.8) is 0 Å². The Morgan fingerprint density at radius 1 is 1.50 bits per heavy atom. The van der Waals surface area contributed by atoms with Gasteiger partial charge >= 0.3 is 0 Å². The molecule has 0 aromatic carbocycles. The molecule has 0 saturated carbocycles. The number of amides is 1. The summed E-state index contributed by atoms with van der Waals surface area (Å²) >= 11 is 0. The summed E-state index contributed by atoms with van der Waals surface area (Å²) in [6.07, 6.45) is 1.26.